The minimum absolute atomic E-state index is 0.699. The van der Waals surface area contributed by atoms with E-state index in [1.807, 2.05) is 0 Å². The molecular formula is C16H26N2. The molecule has 0 aromatic heterocycles. The molecular weight excluding hydrogens is 220 g/mol. The summed E-state index contributed by atoms with van der Waals surface area (Å²) < 4.78 is 0. The van der Waals surface area contributed by atoms with Crippen LogP contribution in [0.4, 0.5) is 0 Å². The van der Waals surface area contributed by atoms with Gasteiger partial charge in [0, 0.05) is 12.6 Å². The molecule has 1 heterocycles. The molecule has 1 unspecified atom stereocenters. The summed E-state index contributed by atoms with van der Waals surface area (Å²) in [7, 11) is 0. The third kappa shape index (κ3) is 3.33. The number of hydrogen-bond donors (Lipinski definition) is 1. The molecule has 1 saturated heterocycles. The molecule has 0 aliphatic carbocycles. The molecule has 1 fully saturated rings. The van der Waals surface area contributed by atoms with Crippen LogP contribution in [-0.4, -0.2) is 24.0 Å². The van der Waals surface area contributed by atoms with Gasteiger partial charge in [-0.25, -0.2) is 0 Å². The largest absolute Gasteiger partial charge is 0.330 e. The lowest BCUT2D eigenvalue weighted by Gasteiger charge is -2.35. The second-order valence-electron chi connectivity index (χ2n) is 5.62. The lowest BCUT2D eigenvalue weighted by Crippen LogP contribution is -2.40. The molecule has 1 aliphatic heterocycles. The van der Waals surface area contributed by atoms with Gasteiger partial charge < -0.3 is 5.73 Å². The zero-order chi connectivity index (χ0) is 13.0. The van der Waals surface area contributed by atoms with Gasteiger partial charge in [-0.1, -0.05) is 24.6 Å². The summed E-state index contributed by atoms with van der Waals surface area (Å²) in [5.41, 5.74) is 9.97. The van der Waals surface area contributed by atoms with Crippen molar-refractivity contribution in [3.05, 3.63) is 34.9 Å². The van der Waals surface area contributed by atoms with Gasteiger partial charge in [-0.05, 0) is 62.9 Å². The van der Waals surface area contributed by atoms with Crippen molar-refractivity contribution in [2.24, 2.45) is 5.73 Å². The molecule has 0 amide bonds. The van der Waals surface area contributed by atoms with Crippen LogP contribution in [0.5, 0.6) is 0 Å². The van der Waals surface area contributed by atoms with Gasteiger partial charge in [0.05, 0.1) is 0 Å². The molecule has 2 rings (SSSR count). The molecule has 1 atom stereocenters. The maximum absolute atomic E-state index is 5.73. The van der Waals surface area contributed by atoms with E-state index in [1.165, 1.54) is 42.5 Å². The Morgan fingerprint density at radius 2 is 2.06 bits per heavy atom. The first kappa shape index (κ1) is 13.6. The molecule has 1 aliphatic rings. The predicted octanol–water partition coefficient (Wildman–Crippen LogP) is 3.01. The van der Waals surface area contributed by atoms with Crippen molar-refractivity contribution in [1.29, 1.82) is 0 Å². The lowest BCUT2D eigenvalue weighted by atomic mass is 9.98. The van der Waals surface area contributed by atoms with E-state index >= 15 is 0 Å². The Hall–Kier alpha value is -0.860. The second kappa shape index (κ2) is 6.35. The van der Waals surface area contributed by atoms with Crippen LogP contribution < -0.4 is 5.73 Å². The average Bonchev–Trinajstić information content (AvgIpc) is 2.37. The molecule has 0 bridgehead atoms. The quantitative estimate of drug-likeness (QED) is 0.885. The Balaban J connectivity index is 2.03. The summed E-state index contributed by atoms with van der Waals surface area (Å²) in [5.74, 6) is 0. The van der Waals surface area contributed by atoms with E-state index in [0.717, 1.165) is 19.5 Å². The summed E-state index contributed by atoms with van der Waals surface area (Å²) in [6.45, 7) is 7.51. The van der Waals surface area contributed by atoms with Crippen molar-refractivity contribution in [3.63, 3.8) is 0 Å². The summed E-state index contributed by atoms with van der Waals surface area (Å²) in [4.78, 5) is 2.63. The second-order valence-corrected chi connectivity index (χ2v) is 5.62. The molecule has 1 aromatic carbocycles. The van der Waals surface area contributed by atoms with E-state index in [0.29, 0.717) is 6.04 Å². The Morgan fingerprint density at radius 1 is 1.22 bits per heavy atom. The summed E-state index contributed by atoms with van der Waals surface area (Å²) in [5, 5.41) is 0. The van der Waals surface area contributed by atoms with Gasteiger partial charge in [0.1, 0.15) is 0 Å². The number of piperidine rings is 1. The fraction of sp³-hybridized carbons (Fsp3) is 0.625. The van der Waals surface area contributed by atoms with E-state index in [1.54, 1.807) is 0 Å². The van der Waals surface area contributed by atoms with Gasteiger partial charge in [-0.15, -0.1) is 0 Å². The Kier molecular flexibility index (Phi) is 4.79. The summed E-state index contributed by atoms with van der Waals surface area (Å²) in [6.07, 6.45) is 5.17. The highest BCUT2D eigenvalue weighted by atomic mass is 15.2. The van der Waals surface area contributed by atoms with Crippen molar-refractivity contribution in [3.8, 4) is 0 Å². The SMILES string of the molecule is Cc1ccc(CN2CCCCC2CCN)cc1C. The molecule has 0 saturated carbocycles. The summed E-state index contributed by atoms with van der Waals surface area (Å²) >= 11 is 0. The van der Waals surface area contributed by atoms with Crippen LogP contribution in [-0.2, 0) is 6.54 Å². The van der Waals surface area contributed by atoms with Crippen molar-refractivity contribution in [2.45, 2.75) is 52.1 Å². The number of aryl methyl sites for hydroxylation is 2. The van der Waals surface area contributed by atoms with Crippen molar-refractivity contribution in [1.82, 2.24) is 4.90 Å². The molecule has 18 heavy (non-hydrogen) atoms. The van der Waals surface area contributed by atoms with E-state index in [4.69, 9.17) is 5.73 Å². The Labute approximate surface area is 111 Å². The maximum atomic E-state index is 5.73. The van der Waals surface area contributed by atoms with E-state index in [9.17, 15) is 0 Å². The van der Waals surface area contributed by atoms with Crippen LogP contribution in [0.3, 0.4) is 0 Å². The summed E-state index contributed by atoms with van der Waals surface area (Å²) in [6, 6.07) is 7.55. The number of nitrogens with zero attached hydrogens (tertiary/aromatic N) is 1. The zero-order valence-corrected chi connectivity index (χ0v) is 11.8. The van der Waals surface area contributed by atoms with Crippen LogP contribution in [0.25, 0.3) is 0 Å². The number of hydrogen-bond acceptors (Lipinski definition) is 2. The molecule has 1 aromatic rings. The fourth-order valence-corrected chi connectivity index (χ4v) is 2.92. The molecule has 100 valence electrons. The number of benzene rings is 1. The van der Waals surface area contributed by atoms with Crippen molar-refractivity contribution >= 4 is 0 Å². The highest BCUT2D eigenvalue weighted by molar-refractivity contribution is 5.29. The minimum Gasteiger partial charge on any atom is -0.330 e. The van der Waals surface area contributed by atoms with Gasteiger partial charge >= 0.3 is 0 Å². The molecule has 2 heteroatoms. The molecule has 0 spiro atoms. The topological polar surface area (TPSA) is 29.3 Å². The van der Waals surface area contributed by atoms with Gasteiger partial charge in [-0.3, -0.25) is 4.90 Å². The van der Waals surface area contributed by atoms with Crippen molar-refractivity contribution in [2.75, 3.05) is 13.1 Å². The fourth-order valence-electron chi connectivity index (χ4n) is 2.92. The smallest absolute Gasteiger partial charge is 0.0236 e. The monoisotopic (exact) mass is 246 g/mol. The molecule has 2 N–H and O–H groups in total. The highest BCUT2D eigenvalue weighted by Crippen LogP contribution is 2.22. The van der Waals surface area contributed by atoms with Crippen LogP contribution in [0, 0.1) is 13.8 Å². The van der Waals surface area contributed by atoms with Gasteiger partial charge in [0.2, 0.25) is 0 Å². The van der Waals surface area contributed by atoms with Gasteiger partial charge in [-0.2, -0.15) is 0 Å². The Morgan fingerprint density at radius 3 is 2.78 bits per heavy atom. The van der Waals surface area contributed by atoms with Crippen LogP contribution in [0.2, 0.25) is 0 Å². The van der Waals surface area contributed by atoms with Gasteiger partial charge in [0.15, 0.2) is 0 Å². The normalized spacial score (nSPS) is 21.2. The third-order valence-corrected chi connectivity index (χ3v) is 4.21. The first-order valence-corrected chi connectivity index (χ1v) is 7.21. The van der Waals surface area contributed by atoms with Crippen LogP contribution in [0.15, 0.2) is 18.2 Å². The lowest BCUT2D eigenvalue weighted by molar-refractivity contribution is 0.134. The maximum Gasteiger partial charge on any atom is 0.0236 e. The molecule has 0 radical (unpaired) electrons. The van der Waals surface area contributed by atoms with E-state index in [2.05, 4.69) is 36.9 Å². The first-order valence-electron chi connectivity index (χ1n) is 7.21. The third-order valence-electron chi connectivity index (χ3n) is 4.21. The molecule has 2 nitrogen and oxygen atoms in total. The van der Waals surface area contributed by atoms with Gasteiger partial charge in [0.25, 0.3) is 0 Å². The van der Waals surface area contributed by atoms with E-state index in [-0.39, 0.29) is 0 Å². The predicted molar refractivity (Wildman–Crippen MR) is 77.6 cm³/mol. The standard InChI is InChI=1S/C16H26N2/c1-13-6-7-15(11-14(13)2)12-18-10-4-3-5-16(18)8-9-17/h6-7,11,16H,3-5,8-10,12,17H2,1-2H3. The van der Waals surface area contributed by atoms with Crippen LogP contribution >= 0.6 is 0 Å². The average molecular weight is 246 g/mol. The minimum atomic E-state index is 0.699. The highest BCUT2D eigenvalue weighted by Gasteiger charge is 2.21. The number of likely N-dealkylation sites (tertiary alicyclic amines) is 1. The number of rotatable bonds is 4. The zero-order valence-electron chi connectivity index (χ0n) is 11.8. The number of nitrogens with two attached hydrogens (primary N) is 1. The first-order chi connectivity index (χ1) is 8.70. The van der Waals surface area contributed by atoms with E-state index < -0.39 is 0 Å². The van der Waals surface area contributed by atoms with Crippen LogP contribution in [0.1, 0.15) is 42.4 Å². The van der Waals surface area contributed by atoms with Crippen molar-refractivity contribution < 1.29 is 0 Å². The Bertz CT molecular complexity index is 385.